The normalized spacial score (nSPS) is 12.6. The minimum absolute atomic E-state index is 0.306. The number of thiazole rings is 1. The average Bonchev–Trinajstić information content (AvgIpc) is 3.42. The molecule has 168 valence electrons. The minimum Gasteiger partial charge on any atom is -0.493 e. The Bertz CT molecular complexity index is 1390. The van der Waals surface area contributed by atoms with Gasteiger partial charge in [-0.2, -0.15) is 0 Å². The summed E-state index contributed by atoms with van der Waals surface area (Å²) in [5.74, 6) is -0.481. The molecule has 3 aromatic carbocycles. The van der Waals surface area contributed by atoms with Crippen LogP contribution in [0.25, 0.3) is 11.3 Å². The predicted molar refractivity (Wildman–Crippen MR) is 131 cm³/mol. The molecule has 5 rings (SSSR count). The molecular weight excluding hydrogens is 450 g/mol. The van der Waals surface area contributed by atoms with Crippen molar-refractivity contribution in [2.24, 2.45) is 0 Å². The molecule has 0 aliphatic carbocycles. The molecule has 0 saturated heterocycles. The molecule has 2 heterocycles. The zero-order valence-electron chi connectivity index (χ0n) is 18.1. The summed E-state index contributed by atoms with van der Waals surface area (Å²) in [6, 6.07) is 20.7. The molecule has 3 amide bonds. The topological polar surface area (TPSA) is 88.6 Å². The zero-order valence-corrected chi connectivity index (χ0v) is 19.0. The molecule has 0 atom stereocenters. The highest BCUT2D eigenvalue weighted by molar-refractivity contribution is 7.14. The molecule has 1 aliphatic rings. The summed E-state index contributed by atoms with van der Waals surface area (Å²) in [6.07, 6.45) is 0. The van der Waals surface area contributed by atoms with E-state index in [4.69, 9.17) is 4.74 Å². The molecule has 8 heteroatoms. The van der Waals surface area contributed by atoms with E-state index in [9.17, 15) is 14.4 Å². The van der Waals surface area contributed by atoms with Crippen LogP contribution in [-0.2, 0) is 0 Å². The van der Waals surface area contributed by atoms with Crippen molar-refractivity contribution in [2.45, 2.75) is 6.92 Å². The number of hydrogen-bond donors (Lipinski definition) is 1. The molecule has 0 bridgehead atoms. The SMILES string of the molecule is CCOc1ccccc1-c1csc(NC(=O)c2cccc(N3C(=O)c4ccccc4C3=O)c2)n1. The molecular formula is C26H19N3O4S. The van der Waals surface area contributed by atoms with Gasteiger partial charge in [0.1, 0.15) is 5.75 Å². The number of ether oxygens (including phenoxy) is 1. The van der Waals surface area contributed by atoms with Gasteiger partial charge < -0.3 is 4.74 Å². The van der Waals surface area contributed by atoms with Crippen LogP contribution in [0.15, 0.2) is 78.2 Å². The first-order valence-electron chi connectivity index (χ1n) is 10.6. The second kappa shape index (κ2) is 8.92. The van der Waals surface area contributed by atoms with Crippen molar-refractivity contribution < 1.29 is 19.1 Å². The highest BCUT2D eigenvalue weighted by Crippen LogP contribution is 2.33. The van der Waals surface area contributed by atoms with E-state index in [2.05, 4.69) is 10.3 Å². The lowest BCUT2D eigenvalue weighted by Crippen LogP contribution is -2.29. The number of anilines is 2. The maximum atomic E-state index is 12.9. The summed E-state index contributed by atoms with van der Waals surface area (Å²) in [5.41, 5.74) is 2.89. The Labute approximate surface area is 199 Å². The molecule has 0 fully saturated rings. The fraction of sp³-hybridized carbons (Fsp3) is 0.0769. The van der Waals surface area contributed by atoms with Gasteiger partial charge in [0.2, 0.25) is 0 Å². The summed E-state index contributed by atoms with van der Waals surface area (Å²) in [6.45, 7) is 2.45. The quantitative estimate of drug-likeness (QED) is 0.389. The Hall–Kier alpha value is -4.30. The van der Waals surface area contributed by atoms with Crippen LogP contribution in [0.3, 0.4) is 0 Å². The molecule has 1 aliphatic heterocycles. The molecule has 7 nitrogen and oxygen atoms in total. The Morgan fingerprint density at radius 2 is 1.62 bits per heavy atom. The Kier molecular flexibility index (Phi) is 5.65. The lowest BCUT2D eigenvalue weighted by atomic mass is 10.1. The molecule has 0 radical (unpaired) electrons. The van der Waals surface area contributed by atoms with Crippen molar-refractivity contribution in [1.82, 2.24) is 4.98 Å². The number of hydrogen-bond acceptors (Lipinski definition) is 6. The maximum absolute atomic E-state index is 12.9. The number of imide groups is 1. The van der Waals surface area contributed by atoms with Crippen LogP contribution >= 0.6 is 11.3 Å². The molecule has 0 saturated carbocycles. The maximum Gasteiger partial charge on any atom is 0.266 e. The lowest BCUT2D eigenvalue weighted by Gasteiger charge is -2.14. The number of aromatic nitrogens is 1. The van der Waals surface area contributed by atoms with Gasteiger partial charge in [-0.15, -0.1) is 11.3 Å². The molecule has 0 unspecified atom stereocenters. The molecule has 34 heavy (non-hydrogen) atoms. The highest BCUT2D eigenvalue weighted by Gasteiger charge is 2.36. The molecule has 4 aromatic rings. The van der Waals surface area contributed by atoms with Crippen molar-refractivity contribution >= 4 is 39.9 Å². The molecule has 1 N–H and O–H groups in total. The number of amides is 3. The second-order valence-corrected chi connectivity index (χ2v) is 8.32. The highest BCUT2D eigenvalue weighted by atomic mass is 32.1. The summed E-state index contributed by atoms with van der Waals surface area (Å²) in [5, 5.41) is 5.07. The van der Waals surface area contributed by atoms with Gasteiger partial charge >= 0.3 is 0 Å². The number of fused-ring (bicyclic) bond motifs is 1. The summed E-state index contributed by atoms with van der Waals surface area (Å²) < 4.78 is 5.67. The number of nitrogens with zero attached hydrogens (tertiary/aromatic N) is 2. The summed E-state index contributed by atoms with van der Waals surface area (Å²) in [4.78, 5) is 44.1. The van der Waals surface area contributed by atoms with Crippen LogP contribution < -0.4 is 15.0 Å². The van der Waals surface area contributed by atoms with Crippen molar-refractivity contribution in [1.29, 1.82) is 0 Å². The third kappa shape index (κ3) is 3.84. The van der Waals surface area contributed by atoms with Gasteiger partial charge in [-0.05, 0) is 49.4 Å². The number of benzene rings is 3. The minimum atomic E-state index is -0.407. The lowest BCUT2D eigenvalue weighted by molar-refractivity contribution is 0.0924. The van der Waals surface area contributed by atoms with Crippen molar-refractivity contribution in [3.05, 3.63) is 94.9 Å². The largest absolute Gasteiger partial charge is 0.493 e. The first kappa shape index (κ1) is 21.5. The van der Waals surface area contributed by atoms with Crippen LogP contribution in [0.4, 0.5) is 10.8 Å². The number of carbonyl (C=O) groups is 3. The van der Waals surface area contributed by atoms with E-state index >= 15 is 0 Å². The van der Waals surface area contributed by atoms with Gasteiger partial charge in [0.25, 0.3) is 17.7 Å². The first-order valence-corrected chi connectivity index (χ1v) is 11.5. The predicted octanol–water partition coefficient (Wildman–Crippen LogP) is 5.26. The van der Waals surface area contributed by atoms with Crippen LogP contribution in [0.2, 0.25) is 0 Å². The van der Waals surface area contributed by atoms with Crippen LogP contribution in [0, 0.1) is 0 Å². The van der Waals surface area contributed by atoms with Gasteiger partial charge in [-0.25, -0.2) is 9.88 Å². The second-order valence-electron chi connectivity index (χ2n) is 7.46. The summed E-state index contributed by atoms with van der Waals surface area (Å²) in [7, 11) is 0. The van der Waals surface area contributed by atoms with Crippen molar-refractivity contribution in [2.75, 3.05) is 16.8 Å². The van der Waals surface area contributed by atoms with Crippen molar-refractivity contribution in [3.63, 3.8) is 0 Å². The van der Waals surface area contributed by atoms with E-state index in [0.29, 0.717) is 39.8 Å². The van der Waals surface area contributed by atoms with Gasteiger partial charge in [0, 0.05) is 16.5 Å². The average molecular weight is 470 g/mol. The van der Waals surface area contributed by atoms with E-state index in [1.807, 2.05) is 36.6 Å². The van der Waals surface area contributed by atoms with Gasteiger partial charge in [-0.1, -0.05) is 30.3 Å². The smallest absolute Gasteiger partial charge is 0.266 e. The Morgan fingerprint density at radius 1 is 0.941 bits per heavy atom. The van der Waals surface area contributed by atoms with Crippen LogP contribution in [-0.4, -0.2) is 29.3 Å². The van der Waals surface area contributed by atoms with E-state index in [0.717, 1.165) is 16.2 Å². The van der Waals surface area contributed by atoms with E-state index < -0.39 is 17.7 Å². The number of carbonyl (C=O) groups excluding carboxylic acids is 3. The monoisotopic (exact) mass is 469 g/mol. The van der Waals surface area contributed by atoms with Gasteiger partial charge in [-0.3, -0.25) is 19.7 Å². The molecule has 0 spiro atoms. The number of para-hydroxylation sites is 1. The standard InChI is InChI=1S/C26H19N3O4S/c1-2-33-22-13-6-5-12-20(22)21-15-34-26(27-21)28-23(30)16-8-7-9-17(14-16)29-24(31)18-10-3-4-11-19(18)25(29)32/h3-15H,2H2,1H3,(H,27,28,30). The van der Waals surface area contributed by atoms with Crippen molar-refractivity contribution in [3.8, 4) is 17.0 Å². The fourth-order valence-electron chi connectivity index (χ4n) is 3.79. The third-order valence-corrected chi connectivity index (χ3v) is 6.11. The van der Waals surface area contributed by atoms with E-state index in [1.165, 1.54) is 17.4 Å². The van der Waals surface area contributed by atoms with Gasteiger partial charge in [0.15, 0.2) is 5.13 Å². The number of nitrogens with one attached hydrogen (secondary N) is 1. The van der Waals surface area contributed by atoms with E-state index in [1.54, 1.807) is 42.5 Å². The summed E-state index contributed by atoms with van der Waals surface area (Å²) >= 11 is 1.30. The Balaban J connectivity index is 1.36. The van der Waals surface area contributed by atoms with E-state index in [-0.39, 0.29) is 0 Å². The Morgan fingerprint density at radius 3 is 2.32 bits per heavy atom. The first-order chi connectivity index (χ1) is 16.6. The third-order valence-electron chi connectivity index (χ3n) is 5.35. The van der Waals surface area contributed by atoms with Crippen LogP contribution in [0.1, 0.15) is 38.0 Å². The number of rotatable bonds is 6. The van der Waals surface area contributed by atoms with Crippen LogP contribution in [0.5, 0.6) is 5.75 Å². The molecule has 1 aromatic heterocycles. The fourth-order valence-corrected chi connectivity index (χ4v) is 4.50. The van der Waals surface area contributed by atoms with Gasteiger partial charge in [0.05, 0.1) is 29.1 Å². The zero-order chi connectivity index (χ0) is 23.7.